The summed E-state index contributed by atoms with van der Waals surface area (Å²) in [4.78, 5) is 9.04. The maximum absolute atomic E-state index is 9.31. The lowest BCUT2D eigenvalue weighted by Gasteiger charge is -2.15. The minimum absolute atomic E-state index is 0.145. The standard InChI is InChI=1S/C23H25N5O3/c1-15-3-4-22-18(5-15)9-24-23(27-22)26-20-6-17(19-10-25-28(2)11-19)7-21(8-20)31-14-16(12-29)13-30/h3-11,16,29-30H,12-14H2,1-2H3,(H,24,26,27). The van der Waals surface area contributed by atoms with Gasteiger partial charge in [0, 0.05) is 48.1 Å². The van der Waals surface area contributed by atoms with Crippen molar-refractivity contribution in [2.45, 2.75) is 6.92 Å². The van der Waals surface area contributed by atoms with Gasteiger partial charge in [-0.25, -0.2) is 9.97 Å². The maximum atomic E-state index is 9.31. The Kier molecular flexibility index (Phi) is 6.11. The molecule has 31 heavy (non-hydrogen) atoms. The molecule has 8 heteroatoms. The molecule has 0 aliphatic rings. The van der Waals surface area contributed by atoms with Crippen LogP contribution in [-0.2, 0) is 7.05 Å². The molecule has 0 atom stereocenters. The second-order valence-electron chi connectivity index (χ2n) is 7.57. The number of hydrogen-bond donors (Lipinski definition) is 3. The van der Waals surface area contributed by atoms with E-state index in [0.717, 1.165) is 33.3 Å². The average molecular weight is 419 g/mol. The highest BCUT2D eigenvalue weighted by atomic mass is 16.5. The number of hydrogen-bond acceptors (Lipinski definition) is 7. The smallest absolute Gasteiger partial charge is 0.227 e. The molecule has 160 valence electrons. The second-order valence-corrected chi connectivity index (χ2v) is 7.57. The molecule has 0 aliphatic carbocycles. The number of aryl methyl sites for hydroxylation is 2. The molecule has 0 saturated carbocycles. The summed E-state index contributed by atoms with van der Waals surface area (Å²) in [7, 11) is 1.86. The first kappa shape index (κ1) is 20.8. The number of nitrogens with zero attached hydrogens (tertiary/aromatic N) is 4. The number of rotatable bonds is 8. The largest absolute Gasteiger partial charge is 0.493 e. The number of aliphatic hydroxyl groups is 2. The Morgan fingerprint density at radius 3 is 2.65 bits per heavy atom. The van der Waals surface area contributed by atoms with E-state index >= 15 is 0 Å². The van der Waals surface area contributed by atoms with Crippen LogP contribution in [0.2, 0.25) is 0 Å². The van der Waals surface area contributed by atoms with Gasteiger partial charge >= 0.3 is 0 Å². The van der Waals surface area contributed by atoms with Crippen LogP contribution in [0.1, 0.15) is 5.56 Å². The first-order valence-electron chi connectivity index (χ1n) is 10.0. The van der Waals surface area contributed by atoms with Crippen molar-refractivity contribution in [1.29, 1.82) is 0 Å². The Balaban J connectivity index is 1.65. The average Bonchev–Trinajstić information content (AvgIpc) is 3.21. The topological polar surface area (TPSA) is 105 Å². The fraction of sp³-hybridized carbons (Fsp3) is 0.261. The summed E-state index contributed by atoms with van der Waals surface area (Å²) < 4.78 is 7.59. The Morgan fingerprint density at radius 1 is 1.06 bits per heavy atom. The summed E-state index contributed by atoms with van der Waals surface area (Å²) in [6.07, 6.45) is 5.50. The zero-order chi connectivity index (χ0) is 21.8. The highest BCUT2D eigenvalue weighted by Gasteiger charge is 2.11. The van der Waals surface area contributed by atoms with Crippen LogP contribution in [0.4, 0.5) is 11.6 Å². The van der Waals surface area contributed by atoms with E-state index in [1.165, 1.54) is 0 Å². The van der Waals surface area contributed by atoms with Gasteiger partial charge in [-0.05, 0) is 36.8 Å². The van der Waals surface area contributed by atoms with Crippen LogP contribution in [0.25, 0.3) is 22.0 Å². The molecular formula is C23H25N5O3. The van der Waals surface area contributed by atoms with Crippen molar-refractivity contribution < 1.29 is 14.9 Å². The van der Waals surface area contributed by atoms with Crippen molar-refractivity contribution in [3.8, 4) is 16.9 Å². The zero-order valence-electron chi connectivity index (χ0n) is 17.5. The van der Waals surface area contributed by atoms with Gasteiger partial charge in [-0.3, -0.25) is 4.68 Å². The van der Waals surface area contributed by atoms with E-state index in [0.29, 0.717) is 11.7 Å². The molecule has 0 radical (unpaired) electrons. The summed E-state index contributed by atoms with van der Waals surface area (Å²) in [6, 6.07) is 11.8. The first-order chi connectivity index (χ1) is 15.0. The van der Waals surface area contributed by atoms with Crippen LogP contribution in [-0.4, -0.2) is 49.8 Å². The normalized spacial score (nSPS) is 11.3. The molecular weight excluding hydrogens is 394 g/mol. The Bertz CT molecular complexity index is 1190. The highest BCUT2D eigenvalue weighted by molar-refractivity contribution is 5.80. The lowest BCUT2D eigenvalue weighted by molar-refractivity contribution is 0.106. The molecule has 0 saturated heterocycles. The number of anilines is 2. The molecule has 4 aromatic rings. The molecule has 0 amide bonds. The summed E-state index contributed by atoms with van der Waals surface area (Å²) in [5.74, 6) is 0.743. The third-order valence-electron chi connectivity index (χ3n) is 4.94. The third kappa shape index (κ3) is 4.99. The fourth-order valence-corrected chi connectivity index (χ4v) is 3.21. The minimum atomic E-state index is -0.342. The van der Waals surface area contributed by atoms with Crippen LogP contribution < -0.4 is 10.1 Å². The van der Waals surface area contributed by atoms with Gasteiger partial charge in [-0.15, -0.1) is 0 Å². The quantitative estimate of drug-likeness (QED) is 0.403. The summed E-state index contributed by atoms with van der Waals surface area (Å²) in [5, 5.41) is 27.1. The van der Waals surface area contributed by atoms with E-state index in [1.807, 2.05) is 56.6 Å². The molecule has 0 unspecified atom stereocenters. The van der Waals surface area contributed by atoms with Crippen molar-refractivity contribution in [2.75, 3.05) is 25.1 Å². The van der Waals surface area contributed by atoms with Crippen LogP contribution >= 0.6 is 0 Å². The Hall–Kier alpha value is -3.49. The predicted octanol–water partition coefficient (Wildman–Crippen LogP) is 3.06. The zero-order valence-corrected chi connectivity index (χ0v) is 17.5. The Morgan fingerprint density at radius 2 is 1.90 bits per heavy atom. The number of benzene rings is 2. The molecule has 3 N–H and O–H groups in total. The number of fused-ring (bicyclic) bond motifs is 1. The van der Waals surface area contributed by atoms with Crippen molar-refractivity contribution in [3.63, 3.8) is 0 Å². The number of aliphatic hydroxyl groups excluding tert-OH is 2. The summed E-state index contributed by atoms with van der Waals surface area (Å²) in [5.41, 5.74) is 4.62. The number of ether oxygens (including phenoxy) is 1. The van der Waals surface area contributed by atoms with Crippen molar-refractivity contribution in [1.82, 2.24) is 19.7 Å². The SMILES string of the molecule is Cc1ccc2nc(Nc3cc(OCC(CO)CO)cc(-c4cnn(C)c4)c3)ncc2c1. The summed E-state index contributed by atoms with van der Waals surface area (Å²) in [6.45, 7) is 1.95. The molecule has 0 aliphatic heterocycles. The predicted molar refractivity (Wildman–Crippen MR) is 119 cm³/mol. The van der Waals surface area contributed by atoms with E-state index in [1.54, 1.807) is 17.1 Å². The molecule has 4 rings (SSSR count). The lowest BCUT2D eigenvalue weighted by Crippen LogP contribution is -2.19. The van der Waals surface area contributed by atoms with Crippen molar-refractivity contribution in [3.05, 3.63) is 60.6 Å². The van der Waals surface area contributed by atoms with Crippen LogP contribution in [0, 0.1) is 12.8 Å². The number of aromatic nitrogens is 4. The van der Waals surface area contributed by atoms with E-state index in [2.05, 4.69) is 20.4 Å². The van der Waals surface area contributed by atoms with E-state index in [-0.39, 0.29) is 25.7 Å². The second kappa shape index (κ2) is 9.11. The van der Waals surface area contributed by atoms with Gasteiger partial charge in [-0.2, -0.15) is 5.10 Å². The highest BCUT2D eigenvalue weighted by Crippen LogP contribution is 2.30. The first-order valence-corrected chi connectivity index (χ1v) is 10.0. The minimum Gasteiger partial charge on any atom is -0.493 e. The van der Waals surface area contributed by atoms with Crippen LogP contribution in [0.15, 0.2) is 55.0 Å². The van der Waals surface area contributed by atoms with Crippen molar-refractivity contribution >= 4 is 22.5 Å². The summed E-state index contributed by atoms with van der Waals surface area (Å²) >= 11 is 0. The molecule has 0 bridgehead atoms. The van der Waals surface area contributed by atoms with E-state index in [4.69, 9.17) is 4.74 Å². The van der Waals surface area contributed by atoms with E-state index < -0.39 is 0 Å². The molecule has 2 aromatic heterocycles. The van der Waals surface area contributed by atoms with Gasteiger partial charge in [0.2, 0.25) is 5.95 Å². The van der Waals surface area contributed by atoms with Crippen molar-refractivity contribution in [2.24, 2.45) is 13.0 Å². The fourth-order valence-electron chi connectivity index (χ4n) is 3.21. The maximum Gasteiger partial charge on any atom is 0.227 e. The lowest BCUT2D eigenvalue weighted by atomic mass is 10.1. The van der Waals surface area contributed by atoms with Crippen LogP contribution in [0.3, 0.4) is 0 Å². The molecule has 2 aromatic carbocycles. The van der Waals surface area contributed by atoms with Gasteiger partial charge in [0.05, 0.1) is 31.5 Å². The van der Waals surface area contributed by atoms with Crippen LogP contribution in [0.5, 0.6) is 5.75 Å². The Labute approximate surface area is 180 Å². The van der Waals surface area contributed by atoms with Gasteiger partial charge in [0.15, 0.2) is 0 Å². The monoisotopic (exact) mass is 419 g/mol. The van der Waals surface area contributed by atoms with Gasteiger partial charge in [0.25, 0.3) is 0 Å². The van der Waals surface area contributed by atoms with Gasteiger partial charge in [-0.1, -0.05) is 11.6 Å². The molecule has 0 fully saturated rings. The molecule has 0 spiro atoms. The van der Waals surface area contributed by atoms with Gasteiger partial charge < -0.3 is 20.3 Å². The third-order valence-corrected chi connectivity index (χ3v) is 4.94. The molecule has 2 heterocycles. The van der Waals surface area contributed by atoms with Gasteiger partial charge in [0.1, 0.15) is 5.75 Å². The number of nitrogens with one attached hydrogen (secondary N) is 1. The van der Waals surface area contributed by atoms with E-state index in [9.17, 15) is 10.2 Å². The molecule has 8 nitrogen and oxygen atoms in total.